The van der Waals surface area contributed by atoms with Crippen molar-refractivity contribution in [2.24, 2.45) is 0 Å². The molecule has 0 unspecified atom stereocenters. The van der Waals surface area contributed by atoms with Crippen molar-refractivity contribution in [2.45, 2.75) is 26.2 Å². The Morgan fingerprint density at radius 3 is 1.15 bits per heavy atom. The van der Waals surface area contributed by atoms with Crippen LogP contribution in [0.3, 0.4) is 0 Å². The molecule has 0 bridgehead atoms. The largest absolute Gasteiger partial charge is 0.490 e. The summed E-state index contributed by atoms with van der Waals surface area (Å²) in [6.45, 7) is 34.0. The number of benzene rings is 5. The van der Waals surface area contributed by atoms with Gasteiger partial charge in [-0.05, 0) is 120 Å². The van der Waals surface area contributed by atoms with Gasteiger partial charge in [-0.2, -0.15) is 0 Å². The number of rotatable bonds is 22. The minimum absolute atomic E-state index is 0.521. The predicted molar refractivity (Wildman–Crippen MR) is 256 cm³/mol. The number of aryl methyl sites for hydroxylation is 1. The Hall–Kier alpha value is -6.98. The van der Waals surface area contributed by atoms with Crippen LogP contribution in [0.15, 0.2) is 217 Å². The van der Waals surface area contributed by atoms with E-state index in [9.17, 15) is 0 Å². The molecule has 0 aliphatic carbocycles. The average molecular weight is 803 g/mol. The third kappa shape index (κ3) is 19.9. The summed E-state index contributed by atoms with van der Waals surface area (Å²) in [6, 6.07) is 38.1. The third-order valence-electron chi connectivity index (χ3n) is 8.18. The van der Waals surface area contributed by atoms with Crippen LogP contribution in [-0.2, 0) is 19.3 Å². The van der Waals surface area contributed by atoms with Gasteiger partial charge in [0.15, 0.2) is 0 Å². The van der Waals surface area contributed by atoms with Crippen LogP contribution in [0.25, 0.3) is 11.1 Å². The maximum Gasteiger partial charge on any atom is 0.120 e. The molecular formula is C55H62O5. The van der Waals surface area contributed by atoms with E-state index < -0.39 is 0 Å². The first-order valence-electron chi connectivity index (χ1n) is 19.8. The van der Waals surface area contributed by atoms with Crippen molar-refractivity contribution in [1.82, 2.24) is 0 Å². The quantitative estimate of drug-likeness (QED) is 0.0652. The first-order valence-corrected chi connectivity index (χ1v) is 19.8. The Kier molecular flexibility index (Phi) is 25.5. The highest BCUT2D eigenvalue weighted by molar-refractivity contribution is 5.69. The van der Waals surface area contributed by atoms with E-state index in [1.165, 1.54) is 33.4 Å². The van der Waals surface area contributed by atoms with E-state index in [1.807, 2.05) is 103 Å². The van der Waals surface area contributed by atoms with Gasteiger partial charge in [-0.1, -0.05) is 136 Å². The fraction of sp³-hybridized carbons (Fsp3) is 0.164. The van der Waals surface area contributed by atoms with E-state index in [0.717, 1.165) is 48.0 Å². The number of hydrogen-bond donors (Lipinski definition) is 0. The predicted octanol–water partition coefficient (Wildman–Crippen LogP) is 13.7. The SMILES string of the molecule is C=CCOc1ccc(CC=C)c(-c2ccccc2)c1.C=CCOc1ccc(CC=C)c(C)c1.C=CCOc1ccc(CC=C)cc1.C=CCOc1ccc(OCC=C)cc1. The highest BCUT2D eigenvalue weighted by atomic mass is 16.5. The summed E-state index contributed by atoms with van der Waals surface area (Å²) in [7, 11) is 0. The fourth-order valence-electron chi connectivity index (χ4n) is 5.30. The maximum atomic E-state index is 5.61. The molecule has 0 saturated carbocycles. The van der Waals surface area contributed by atoms with E-state index in [2.05, 4.69) is 89.9 Å². The molecule has 0 atom stereocenters. The molecular weight excluding hydrogens is 741 g/mol. The van der Waals surface area contributed by atoms with Gasteiger partial charge in [0.25, 0.3) is 0 Å². The fourth-order valence-corrected chi connectivity index (χ4v) is 5.30. The molecule has 312 valence electrons. The lowest BCUT2D eigenvalue weighted by atomic mass is 9.97. The summed E-state index contributed by atoms with van der Waals surface area (Å²) >= 11 is 0. The molecule has 0 fully saturated rings. The zero-order valence-electron chi connectivity index (χ0n) is 35.4. The number of hydrogen-bond acceptors (Lipinski definition) is 5. The summed E-state index contributed by atoms with van der Waals surface area (Å²) in [5, 5.41) is 0. The maximum absolute atomic E-state index is 5.61. The third-order valence-corrected chi connectivity index (χ3v) is 8.18. The van der Waals surface area contributed by atoms with Gasteiger partial charge in [-0.15, -0.1) is 19.7 Å². The van der Waals surface area contributed by atoms with Gasteiger partial charge in [-0.25, -0.2) is 0 Å². The van der Waals surface area contributed by atoms with Gasteiger partial charge < -0.3 is 23.7 Å². The molecule has 0 aliphatic rings. The van der Waals surface area contributed by atoms with E-state index >= 15 is 0 Å². The van der Waals surface area contributed by atoms with Crippen LogP contribution in [0.4, 0.5) is 0 Å². The summed E-state index contributed by atoms with van der Waals surface area (Å²) < 4.78 is 27.0. The molecule has 5 aromatic rings. The lowest BCUT2D eigenvalue weighted by molar-refractivity contribution is 0.353. The smallest absolute Gasteiger partial charge is 0.120 e. The Morgan fingerprint density at radius 1 is 0.367 bits per heavy atom. The van der Waals surface area contributed by atoms with Crippen LogP contribution in [0.5, 0.6) is 28.7 Å². The highest BCUT2D eigenvalue weighted by Gasteiger charge is 2.06. The number of ether oxygens (including phenoxy) is 5. The van der Waals surface area contributed by atoms with Crippen LogP contribution in [0, 0.1) is 6.92 Å². The van der Waals surface area contributed by atoms with Crippen molar-refractivity contribution in [1.29, 1.82) is 0 Å². The molecule has 5 heteroatoms. The molecule has 5 rings (SSSR count). The average Bonchev–Trinajstić information content (AvgIpc) is 3.28. The summed E-state index contributed by atoms with van der Waals surface area (Å²) in [5.74, 6) is 4.28. The normalized spacial score (nSPS) is 9.48. The Bertz CT molecular complexity index is 1990. The van der Waals surface area contributed by atoms with Gasteiger partial charge in [0.2, 0.25) is 0 Å². The minimum atomic E-state index is 0.521. The van der Waals surface area contributed by atoms with Gasteiger partial charge in [-0.3, -0.25) is 0 Å². The minimum Gasteiger partial charge on any atom is -0.490 e. The molecule has 0 aliphatic heterocycles. The van der Waals surface area contributed by atoms with Crippen LogP contribution < -0.4 is 23.7 Å². The summed E-state index contributed by atoms with van der Waals surface area (Å²) in [4.78, 5) is 0. The lowest BCUT2D eigenvalue weighted by Gasteiger charge is -2.11. The second kappa shape index (κ2) is 31.1. The van der Waals surface area contributed by atoms with Crippen LogP contribution in [-0.4, -0.2) is 33.0 Å². The molecule has 0 amide bonds. The molecule has 0 saturated heterocycles. The van der Waals surface area contributed by atoms with E-state index in [0.29, 0.717) is 33.0 Å². The van der Waals surface area contributed by atoms with E-state index in [4.69, 9.17) is 23.7 Å². The highest BCUT2D eigenvalue weighted by Crippen LogP contribution is 2.29. The molecule has 0 spiro atoms. The van der Waals surface area contributed by atoms with E-state index in [-0.39, 0.29) is 0 Å². The van der Waals surface area contributed by atoms with Crippen molar-refractivity contribution in [3.8, 4) is 39.9 Å². The van der Waals surface area contributed by atoms with Crippen LogP contribution in [0.2, 0.25) is 0 Å². The molecule has 5 nitrogen and oxygen atoms in total. The van der Waals surface area contributed by atoms with Crippen molar-refractivity contribution >= 4 is 0 Å². The molecule has 60 heavy (non-hydrogen) atoms. The zero-order chi connectivity index (χ0) is 43.6. The van der Waals surface area contributed by atoms with Gasteiger partial charge in [0, 0.05) is 0 Å². The standard InChI is InChI=1S/C18H18O.C13H16O.C12H14O2.C12H14O/c1-3-8-15-11-12-17(19-13-4-2)14-18(15)16-9-6-5-7-10-16;1-4-6-12-7-8-13(10-11(12)3)14-9-5-2;1-3-9-13-11-5-7-12(8-6-11)14-10-4-2;1-3-5-11-6-8-12(9-7-11)13-10-4-2/h3-7,9-12,14H,1-2,8,13H2;4-5,7-8,10H,1-2,6,9H2,3H3;3-8H,1-2,9-10H2;3-4,6-9H,1-2,5,10H2. The second-order valence-corrected chi connectivity index (χ2v) is 12.9. The first kappa shape index (κ1) is 49.2. The Labute approximate surface area is 360 Å². The van der Waals surface area contributed by atoms with Crippen LogP contribution >= 0.6 is 0 Å². The van der Waals surface area contributed by atoms with Crippen molar-refractivity contribution in [3.05, 3.63) is 239 Å². The van der Waals surface area contributed by atoms with Gasteiger partial charge in [0.1, 0.15) is 61.8 Å². The van der Waals surface area contributed by atoms with Crippen molar-refractivity contribution < 1.29 is 23.7 Å². The van der Waals surface area contributed by atoms with Crippen LogP contribution in [0.1, 0.15) is 22.3 Å². The van der Waals surface area contributed by atoms with E-state index in [1.54, 1.807) is 30.4 Å². The Balaban J connectivity index is 0.000000279. The molecule has 0 radical (unpaired) electrons. The first-order chi connectivity index (χ1) is 29.3. The molecule has 0 heterocycles. The van der Waals surface area contributed by atoms with Gasteiger partial charge >= 0.3 is 0 Å². The zero-order valence-corrected chi connectivity index (χ0v) is 35.4. The van der Waals surface area contributed by atoms with Crippen molar-refractivity contribution in [3.63, 3.8) is 0 Å². The van der Waals surface area contributed by atoms with Crippen molar-refractivity contribution in [2.75, 3.05) is 33.0 Å². The molecule has 0 aromatic heterocycles. The second-order valence-electron chi connectivity index (χ2n) is 12.9. The summed E-state index contributed by atoms with van der Waals surface area (Å²) in [6.07, 6.45) is 17.0. The topological polar surface area (TPSA) is 46.2 Å². The molecule has 5 aromatic carbocycles. The Morgan fingerprint density at radius 2 is 0.733 bits per heavy atom. The number of allylic oxidation sites excluding steroid dienone is 3. The monoisotopic (exact) mass is 802 g/mol. The summed E-state index contributed by atoms with van der Waals surface area (Å²) in [5.41, 5.74) is 7.44. The lowest BCUT2D eigenvalue weighted by Crippen LogP contribution is -1.95. The molecule has 0 N–H and O–H groups in total. The van der Waals surface area contributed by atoms with Gasteiger partial charge in [0.05, 0.1) is 0 Å².